The number of rotatable bonds is 3. The lowest BCUT2D eigenvalue weighted by atomic mass is 9.95. The minimum absolute atomic E-state index is 0.0526. The van der Waals surface area contributed by atoms with Gasteiger partial charge in [-0.15, -0.1) is 0 Å². The van der Waals surface area contributed by atoms with Gasteiger partial charge in [-0.05, 0) is 31.4 Å². The van der Waals surface area contributed by atoms with Crippen LogP contribution in [0.2, 0.25) is 0 Å². The van der Waals surface area contributed by atoms with Gasteiger partial charge in [-0.3, -0.25) is 14.6 Å². The molecule has 1 atom stereocenters. The number of hydrogen-bond acceptors (Lipinski definition) is 3. The van der Waals surface area contributed by atoms with Crippen LogP contribution in [-0.4, -0.2) is 40.0 Å². The third-order valence-corrected chi connectivity index (χ3v) is 3.71. The standard InChI is InChI=1S/C14H18N2O3/c1-10(12-3-2-6-15-9-12)13(17)16-7-4-11(5-8-16)14(18)19/h2-3,6,9-11H,4-5,7-8H2,1H3,(H,18,19). The van der Waals surface area contributed by atoms with Crippen LogP contribution in [0.1, 0.15) is 31.2 Å². The summed E-state index contributed by atoms with van der Waals surface area (Å²) < 4.78 is 0. The van der Waals surface area contributed by atoms with Crippen molar-refractivity contribution in [1.82, 2.24) is 9.88 Å². The first-order valence-electron chi connectivity index (χ1n) is 6.51. The number of pyridine rings is 1. The molecule has 2 heterocycles. The van der Waals surface area contributed by atoms with Crippen molar-refractivity contribution in [3.8, 4) is 0 Å². The van der Waals surface area contributed by atoms with E-state index in [9.17, 15) is 9.59 Å². The molecular formula is C14H18N2O3. The van der Waals surface area contributed by atoms with Crippen LogP contribution in [-0.2, 0) is 9.59 Å². The van der Waals surface area contributed by atoms with E-state index >= 15 is 0 Å². The van der Waals surface area contributed by atoms with Gasteiger partial charge in [-0.25, -0.2) is 0 Å². The van der Waals surface area contributed by atoms with Gasteiger partial charge < -0.3 is 10.0 Å². The van der Waals surface area contributed by atoms with Gasteiger partial charge in [0.05, 0.1) is 11.8 Å². The predicted octanol–water partition coefficient (Wildman–Crippen LogP) is 1.51. The number of carbonyl (C=O) groups excluding carboxylic acids is 1. The molecule has 0 spiro atoms. The van der Waals surface area contributed by atoms with E-state index in [1.165, 1.54) is 0 Å². The Morgan fingerprint density at radius 2 is 2.11 bits per heavy atom. The summed E-state index contributed by atoms with van der Waals surface area (Å²) in [6.07, 6.45) is 4.47. The summed E-state index contributed by atoms with van der Waals surface area (Å²) in [7, 11) is 0. The number of carboxylic acid groups (broad SMARTS) is 1. The highest BCUT2D eigenvalue weighted by Gasteiger charge is 2.29. The largest absolute Gasteiger partial charge is 0.481 e. The van der Waals surface area contributed by atoms with E-state index in [1.54, 1.807) is 17.3 Å². The topological polar surface area (TPSA) is 70.5 Å². The number of likely N-dealkylation sites (tertiary alicyclic amines) is 1. The normalized spacial score (nSPS) is 18.1. The lowest BCUT2D eigenvalue weighted by molar-refractivity contribution is -0.146. The number of carboxylic acids is 1. The van der Waals surface area contributed by atoms with E-state index in [-0.39, 0.29) is 17.7 Å². The van der Waals surface area contributed by atoms with E-state index < -0.39 is 5.97 Å². The van der Waals surface area contributed by atoms with Gasteiger partial charge in [-0.2, -0.15) is 0 Å². The zero-order valence-electron chi connectivity index (χ0n) is 11.0. The molecule has 102 valence electrons. The van der Waals surface area contributed by atoms with Gasteiger partial charge in [0.25, 0.3) is 0 Å². The van der Waals surface area contributed by atoms with E-state index in [2.05, 4.69) is 4.98 Å². The first-order chi connectivity index (χ1) is 9.09. The second-order valence-electron chi connectivity index (χ2n) is 4.95. The summed E-state index contributed by atoms with van der Waals surface area (Å²) in [6, 6.07) is 3.70. The zero-order chi connectivity index (χ0) is 13.8. The van der Waals surface area contributed by atoms with Crippen LogP contribution in [0.3, 0.4) is 0 Å². The Kier molecular flexibility index (Phi) is 4.14. The molecule has 5 nitrogen and oxygen atoms in total. The maximum Gasteiger partial charge on any atom is 0.306 e. The van der Waals surface area contributed by atoms with Crippen molar-refractivity contribution in [1.29, 1.82) is 0 Å². The number of carbonyl (C=O) groups is 2. The van der Waals surface area contributed by atoms with Crippen LogP contribution in [0, 0.1) is 5.92 Å². The Balaban J connectivity index is 1.96. The molecule has 1 amide bonds. The molecule has 1 fully saturated rings. The minimum atomic E-state index is -0.757. The molecule has 1 aromatic rings. The van der Waals surface area contributed by atoms with Gasteiger partial charge >= 0.3 is 5.97 Å². The average molecular weight is 262 g/mol. The molecule has 0 aromatic carbocycles. The number of nitrogens with zero attached hydrogens (tertiary/aromatic N) is 2. The maximum atomic E-state index is 12.3. The van der Waals surface area contributed by atoms with Crippen LogP contribution in [0.25, 0.3) is 0 Å². The van der Waals surface area contributed by atoms with E-state index in [1.807, 2.05) is 19.1 Å². The monoisotopic (exact) mass is 262 g/mol. The fraction of sp³-hybridized carbons (Fsp3) is 0.500. The van der Waals surface area contributed by atoms with Crippen molar-refractivity contribution in [2.45, 2.75) is 25.7 Å². The van der Waals surface area contributed by atoms with Crippen LogP contribution >= 0.6 is 0 Å². The molecule has 0 radical (unpaired) electrons. The summed E-state index contributed by atoms with van der Waals surface area (Å²) in [5, 5.41) is 8.94. The number of piperidine rings is 1. The average Bonchev–Trinajstić information content (AvgIpc) is 2.46. The van der Waals surface area contributed by atoms with E-state index in [0.717, 1.165) is 5.56 Å². The molecule has 0 saturated carbocycles. The molecule has 1 unspecified atom stereocenters. The minimum Gasteiger partial charge on any atom is -0.481 e. The third-order valence-electron chi connectivity index (χ3n) is 3.71. The third kappa shape index (κ3) is 3.10. The summed E-state index contributed by atoms with van der Waals surface area (Å²) in [4.78, 5) is 29.0. The molecule has 1 aromatic heterocycles. The number of hydrogen-bond donors (Lipinski definition) is 1. The highest BCUT2D eigenvalue weighted by atomic mass is 16.4. The molecular weight excluding hydrogens is 244 g/mol. The second-order valence-corrected chi connectivity index (χ2v) is 4.95. The lowest BCUT2D eigenvalue weighted by Gasteiger charge is -2.32. The zero-order valence-corrected chi connectivity index (χ0v) is 11.0. The molecule has 0 aliphatic carbocycles. The van der Waals surface area contributed by atoms with Gasteiger partial charge in [0, 0.05) is 25.5 Å². The number of aromatic nitrogens is 1. The number of amides is 1. The molecule has 2 rings (SSSR count). The second kappa shape index (κ2) is 5.82. The Bertz CT molecular complexity index is 453. The molecule has 1 saturated heterocycles. The fourth-order valence-corrected chi connectivity index (χ4v) is 2.40. The van der Waals surface area contributed by atoms with Crippen LogP contribution in [0.4, 0.5) is 0 Å². The van der Waals surface area contributed by atoms with Gasteiger partial charge in [0.2, 0.25) is 5.91 Å². The maximum absolute atomic E-state index is 12.3. The summed E-state index contributed by atoms with van der Waals surface area (Å²) in [6.45, 7) is 2.92. The van der Waals surface area contributed by atoms with Crippen molar-refractivity contribution in [3.05, 3.63) is 30.1 Å². The molecule has 19 heavy (non-hydrogen) atoms. The highest BCUT2D eigenvalue weighted by Crippen LogP contribution is 2.22. The van der Waals surface area contributed by atoms with E-state index in [0.29, 0.717) is 25.9 Å². The molecule has 1 N–H and O–H groups in total. The Hall–Kier alpha value is -1.91. The van der Waals surface area contributed by atoms with Crippen molar-refractivity contribution < 1.29 is 14.7 Å². The van der Waals surface area contributed by atoms with Crippen LogP contribution in [0.5, 0.6) is 0 Å². The first-order valence-corrected chi connectivity index (χ1v) is 6.51. The summed E-state index contributed by atoms with van der Waals surface area (Å²) in [5.74, 6) is -1.24. The SMILES string of the molecule is CC(C(=O)N1CCC(C(=O)O)CC1)c1cccnc1. The van der Waals surface area contributed by atoms with Gasteiger partial charge in [0.15, 0.2) is 0 Å². The molecule has 1 aliphatic rings. The quantitative estimate of drug-likeness (QED) is 0.896. The van der Waals surface area contributed by atoms with Crippen molar-refractivity contribution in [3.63, 3.8) is 0 Å². The smallest absolute Gasteiger partial charge is 0.306 e. The number of aliphatic carboxylic acids is 1. The predicted molar refractivity (Wildman–Crippen MR) is 69.6 cm³/mol. The van der Waals surface area contributed by atoms with Crippen molar-refractivity contribution >= 4 is 11.9 Å². The van der Waals surface area contributed by atoms with Gasteiger partial charge in [-0.1, -0.05) is 6.07 Å². The Morgan fingerprint density at radius 3 is 2.63 bits per heavy atom. The molecule has 5 heteroatoms. The van der Waals surface area contributed by atoms with E-state index in [4.69, 9.17) is 5.11 Å². The molecule has 0 bridgehead atoms. The summed E-state index contributed by atoms with van der Waals surface area (Å²) >= 11 is 0. The Labute approximate surface area is 112 Å². The summed E-state index contributed by atoms with van der Waals surface area (Å²) in [5.41, 5.74) is 0.896. The van der Waals surface area contributed by atoms with Gasteiger partial charge in [0.1, 0.15) is 0 Å². The first kappa shape index (κ1) is 13.5. The lowest BCUT2D eigenvalue weighted by Crippen LogP contribution is -2.42. The van der Waals surface area contributed by atoms with Crippen LogP contribution in [0.15, 0.2) is 24.5 Å². The Morgan fingerprint density at radius 1 is 1.42 bits per heavy atom. The molecule has 1 aliphatic heterocycles. The van der Waals surface area contributed by atoms with Crippen molar-refractivity contribution in [2.75, 3.05) is 13.1 Å². The van der Waals surface area contributed by atoms with Crippen LogP contribution < -0.4 is 0 Å². The van der Waals surface area contributed by atoms with Crippen molar-refractivity contribution in [2.24, 2.45) is 5.92 Å². The fourth-order valence-electron chi connectivity index (χ4n) is 2.40. The highest BCUT2D eigenvalue weighted by molar-refractivity contribution is 5.83.